The van der Waals surface area contributed by atoms with Crippen LogP contribution in [0.5, 0.6) is 5.75 Å². The largest absolute Gasteiger partial charge is 0.497 e. The minimum Gasteiger partial charge on any atom is -0.497 e. The maximum atomic E-state index is 11.9. The first-order valence-electron chi connectivity index (χ1n) is 8.09. The lowest BCUT2D eigenvalue weighted by Crippen LogP contribution is -2.24. The molecule has 0 aromatic heterocycles. The van der Waals surface area contributed by atoms with Gasteiger partial charge in [-0.05, 0) is 54.8 Å². The molecule has 0 saturated carbocycles. The average molecular weight is 328 g/mol. The van der Waals surface area contributed by atoms with E-state index in [1.54, 1.807) is 19.2 Å². The van der Waals surface area contributed by atoms with Gasteiger partial charge in [-0.3, -0.25) is 4.79 Å². The van der Waals surface area contributed by atoms with Gasteiger partial charge in [-0.1, -0.05) is 12.1 Å². The number of carbonyl (C=O) groups is 1. The predicted octanol–water partition coefficient (Wildman–Crippen LogP) is 2.46. The number of anilines is 1. The molecule has 0 aliphatic heterocycles. The molecule has 0 spiro atoms. The second-order valence-corrected chi connectivity index (χ2v) is 5.44. The van der Waals surface area contributed by atoms with Crippen LogP contribution in [-0.2, 0) is 6.42 Å². The maximum Gasteiger partial charge on any atom is 0.251 e. The topological polar surface area (TPSA) is 70.6 Å². The summed E-state index contributed by atoms with van der Waals surface area (Å²) < 4.78 is 5.14. The molecule has 3 N–H and O–H groups in total. The summed E-state index contributed by atoms with van der Waals surface area (Å²) in [5.41, 5.74) is 2.84. The van der Waals surface area contributed by atoms with E-state index in [9.17, 15) is 4.79 Å². The Balaban J connectivity index is 1.77. The summed E-state index contributed by atoms with van der Waals surface area (Å²) in [5, 5.41) is 14.8. The molecular formula is C19H24N2O3. The maximum absolute atomic E-state index is 11.9. The van der Waals surface area contributed by atoms with Crippen molar-refractivity contribution >= 4 is 11.6 Å². The molecule has 0 heterocycles. The SMILES string of the molecule is COc1ccc(CCNc2ccc(C(=O)NCCCO)cc2)cc1. The van der Waals surface area contributed by atoms with E-state index in [0.717, 1.165) is 24.4 Å². The van der Waals surface area contributed by atoms with E-state index in [1.165, 1.54) is 5.56 Å². The Morgan fingerprint density at radius 1 is 1.04 bits per heavy atom. The fourth-order valence-corrected chi connectivity index (χ4v) is 2.27. The number of carbonyl (C=O) groups excluding carboxylic acids is 1. The van der Waals surface area contributed by atoms with Gasteiger partial charge in [-0.25, -0.2) is 0 Å². The van der Waals surface area contributed by atoms with Crippen LogP contribution < -0.4 is 15.4 Å². The number of amides is 1. The van der Waals surface area contributed by atoms with Gasteiger partial charge < -0.3 is 20.5 Å². The fraction of sp³-hybridized carbons (Fsp3) is 0.316. The minimum absolute atomic E-state index is 0.0807. The van der Waals surface area contributed by atoms with Gasteiger partial charge >= 0.3 is 0 Å². The average Bonchev–Trinajstić information content (AvgIpc) is 2.63. The standard InChI is InChI=1S/C19H24N2O3/c1-24-18-9-3-15(4-10-18)11-13-20-17-7-5-16(6-8-17)19(23)21-12-2-14-22/h3-10,20,22H,2,11-14H2,1H3,(H,21,23). The third-order valence-electron chi connectivity index (χ3n) is 3.67. The minimum atomic E-state index is -0.117. The Bertz CT molecular complexity index is 624. The summed E-state index contributed by atoms with van der Waals surface area (Å²) in [7, 11) is 1.66. The molecule has 0 radical (unpaired) electrons. The van der Waals surface area contributed by atoms with E-state index in [4.69, 9.17) is 9.84 Å². The molecule has 0 bridgehead atoms. The molecule has 5 nitrogen and oxygen atoms in total. The number of methoxy groups -OCH3 is 1. The van der Waals surface area contributed by atoms with Crippen molar-refractivity contribution in [1.82, 2.24) is 5.32 Å². The van der Waals surface area contributed by atoms with E-state index in [2.05, 4.69) is 22.8 Å². The third kappa shape index (κ3) is 5.59. The van der Waals surface area contributed by atoms with E-state index in [0.29, 0.717) is 18.5 Å². The predicted molar refractivity (Wildman–Crippen MR) is 95.7 cm³/mol. The Kier molecular flexibility index (Phi) is 7.11. The number of hydrogen-bond donors (Lipinski definition) is 3. The molecule has 0 unspecified atom stereocenters. The van der Waals surface area contributed by atoms with Crippen molar-refractivity contribution in [3.63, 3.8) is 0 Å². The first-order chi connectivity index (χ1) is 11.7. The van der Waals surface area contributed by atoms with Gasteiger partial charge in [0.2, 0.25) is 0 Å². The van der Waals surface area contributed by atoms with Crippen LogP contribution in [0.4, 0.5) is 5.69 Å². The van der Waals surface area contributed by atoms with Gasteiger partial charge in [0.15, 0.2) is 0 Å². The quantitative estimate of drug-likeness (QED) is 0.619. The van der Waals surface area contributed by atoms with Crippen molar-refractivity contribution in [3.8, 4) is 5.75 Å². The summed E-state index contributed by atoms with van der Waals surface area (Å²) in [5.74, 6) is 0.743. The second-order valence-electron chi connectivity index (χ2n) is 5.44. The highest BCUT2D eigenvalue weighted by atomic mass is 16.5. The highest BCUT2D eigenvalue weighted by molar-refractivity contribution is 5.94. The monoisotopic (exact) mass is 328 g/mol. The summed E-state index contributed by atoms with van der Waals surface area (Å²) >= 11 is 0. The zero-order chi connectivity index (χ0) is 17.2. The molecule has 2 aromatic carbocycles. The summed E-state index contributed by atoms with van der Waals surface area (Å²) in [6, 6.07) is 15.4. The van der Waals surface area contributed by atoms with Gasteiger partial charge in [0.1, 0.15) is 5.75 Å². The third-order valence-corrected chi connectivity index (χ3v) is 3.67. The molecule has 0 aliphatic rings. The number of rotatable bonds is 9. The van der Waals surface area contributed by atoms with Gasteiger partial charge in [-0.15, -0.1) is 0 Å². The van der Waals surface area contributed by atoms with E-state index < -0.39 is 0 Å². The molecule has 0 fully saturated rings. The fourth-order valence-electron chi connectivity index (χ4n) is 2.27. The molecule has 2 aromatic rings. The lowest BCUT2D eigenvalue weighted by molar-refractivity contribution is 0.0951. The number of aliphatic hydroxyl groups excluding tert-OH is 1. The zero-order valence-electron chi connectivity index (χ0n) is 13.9. The molecule has 128 valence electrons. The van der Waals surface area contributed by atoms with Crippen LogP contribution in [0.25, 0.3) is 0 Å². The lowest BCUT2D eigenvalue weighted by atomic mass is 10.1. The number of benzene rings is 2. The number of hydrogen-bond acceptors (Lipinski definition) is 4. The van der Waals surface area contributed by atoms with E-state index in [1.807, 2.05) is 24.3 Å². The summed E-state index contributed by atoms with van der Waals surface area (Å²) in [6.45, 7) is 1.38. The van der Waals surface area contributed by atoms with Gasteiger partial charge in [0.25, 0.3) is 5.91 Å². The van der Waals surface area contributed by atoms with Crippen LogP contribution in [0, 0.1) is 0 Å². The van der Waals surface area contributed by atoms with Crippen molar-refractivity contribution in [2.24, 2.45) is 0 Å². The number of ether oxygens (including phenoxy) is 1. The smallest absolute Gasteiger partial charge is 0.251 e. The molecular weight excluding hydrogens is 304 g/mol. The molecule has 0 aliphatic carbocycles. The van der Waals surface area contributed by atoms with E-state index >= 15 is 0 Å². The summed E-state index contributed by atoms with van der Waals surface area (Å²) in [6.07, 6.45) is 1.48. The van der Waals surface area contributed by atoms with Crippen LogP contribution in [0.2, 0.25) is 0 Å². The first-order valence-corrected chi connectivity index (χ1v) is 8.09. The molecule has 0 atom stereocenters. The van der Waals surface area contributed by atoms with Crippen molar-refractivity contribution < 1.29 is 14.6 Å². The Hall–Kier alpha value is -2.53. The Morgan fingerprint density at radius 3 is 2.38 bits per heavy atom. The molecule has 2 rings (SSSR count). The number of aliphatic hydroxyl groups is 1. The van der Waals surface area contributed by atoms with Crippen LogP contribution >= 0.6 is 0 Å². The first kappa shape index (κ1) is 17.8. The summed E-state index contributed by atoms with van der Waals surface area (Å²) in [4.78, 5) is 11.9. The number of nitrogens with one attached hydrogen (secondary N) is 2. The second kappa shape index (κ2) is 9.57. The van der Waals surface area contributed by atoms with Crippen molar-refractivity contribution in [1.29, 1.82) is 0 Å². The van der Waals surface area contributed by atoms with Crippen molar-refractivity contribution in [3.05, 3.63) is 59.7 Å². The zero-order valence-corrected chi connectivity index (χ0v) is 13.9. The van der Waals surface area contributed by atoms with Gasteiger partial charge in [0.05, 0.1) is 7.11 Å². The van der Waals surface area contributed by atoms with Crippen LogP contribution in [0.3, 0.4) is 0 Å². The highest BCUT2D eigenvalue weighted by Gasteiger charge is 2.04. The van der Waals surface area contributed by atoms with Crippen LogP contribution in [0.1, 0.15) is 22.3 Å². The van der Waals surface area contributed by atoms with Crippen LogP contribution in [-0.4, -0.2) is 37.8 Å². The molecule has 24 heavy (non-hydrogen) atoms. The lowest BCUT2D eigenvalue weighted by Gasteiger charge is -2.08. The Labute approximate surface area is 142 Å². The molecule has 1 amide bonds. The molecule has 0 saturated heterocycles. The normalized spacial score (nSPS) is 10.2. The Morgan fingerprint density at radius 2 is 1.75 bits per heavy atom. The van der Waals surface area contributed by atoms with Crippen molar-refractivity contribution in [2.75, 3.05) is 32.1 Å². The van der Waals surface area contributed by atoms with E-state index in [-0.39, 0.29) is 12.5 Å². The highest BCUT2D eigenvalue weighted by Crippen LogP contribution is 2.13. The van der Waals surface area contributed by atoms with Gasteiger partial charge in [-0.2, -0.15) is 0 Å². The van der Waals surface area contributed by atoms with Crippen molar-refractivity contribution in [2.45, 2.75) is 12.8 Å². The van der Waals surface area contributed by atoms with Gasteiger partial charge in [0, 0.05) is 30.9 Å². The molecule has 5 heteroatoms. The van der Waals surface area contributed by atoms with Crippen LogP contribution in [0.15, 0.2) is 48.5 Å².